The van der Waals surface area contributed by atoms with Gasteiger partial charge in [0.15, 0.2) is 0 Å². The zero-order valence-electron chi connectivity index (χ0n) is 12.4. The number of rotatable bonds is 0. The van der Waals surface area contributed by atoms with Crippen molar-refractivity contribution in [1.29, 1.82) is 0 Å². The zero-order valence-corrected chi connectivity index (χ0v) is 14.0. The van der Waals surface area contributed by atoms with E-state index in [1.807, 2.05) is 30.1 Å². The minimum Gasteiger partial charge on any atom is -0.250 e. The van der Waals surface area contributed by atoms with Crippen LogP contribution < -0.4 is 0 Å². The van der Waals surface area contributed by atoms with Crippen molar-refractivity contribution in [3.05, 3.63) is 58.4 Å². The van der Waals surface area contributed by atoms with E-state index >= 15 is 0 Å². The average Bonchev–Trinajstić information content (AvgIpc) is 2.72. The van der Waals surface area contributed by atoms with Gasteiger partial charge in [-0.3, -0.25) is 0 Å². The molecule has 4 rings (SSSR count). The van der Waals surface area contributed by atoms with E-state index in [9.17, 15) is 0 Å². The van der Waals surface area contributed by atoms with E-state index in [0.717, 1.165) is 29.6 Å². The molecule has 3 heterocycles. The fourth-order valence-electron chi connectivity index (χ4n) is 3.30. The molecule has 1 aromatic heterocycles. The van der Waals surface area contributed by atoms with Crippen molar-refractivity contribution in [1.82, 2.24) is 4.98 Å². The fraction of sp³-hybridized carbons (Fsp3) is 0.333. The van der Waals surface area contributed by atoms with Crippen LogP contribution in [0.15, 0.2) is 41.4 Å². The quantitative estimate of drug-likeness (QED) is 0.667. The first kappa shape index (κ1) is 14.3. The normalized spacial score (nSPS) is 17.7. The van der Waals surface area contributed by atoms with Crippen molar-refractivity contribution in [2.75, 3.05) is 13.1 Å². The van der Waals surface area contributed by atoms with Gasteiger partial charge < -0.3 is 0 Å². The molecule has 4 heteroatoms. The maximum absolute atomic E-state index is 6.22. The summed E-state index contributed by atoms with van der Waals surface area (Å²) in [6, 6.07) is 10.5. The molecule has 112 valence electrons. The lowest BCUT2D eigenvalue weighted by Gasteiger charge is -2.15. The van der Waals surface area contributed by atoms with Crippen molar-refractivity contribution in [3.63, 3.8) is 0 Å². The molecule has 0 N–H and O–H groups in total. The Labute approximate surface area is 140 Å². The Bertz CT molecular complexity index is 747. The van der Waals surface area contributed by atoms with E-state index in [1.54, 1.807) is 0 Å². The molecule has 0 atom stereocenters. The smallest absolute Gasteiger partial charge is 0.234 e. The number of hydrogen-bond donors (Lipinski definition) is 0. The highest BCUT2D eigenvalue weighted by atomic mass is 35.5. The Kier molecular flexibility index (Phi) is 3.93. The lowest BCUT2D eigenvalue weighted by Crippen LogP contribution is -2.29. The van der Waals surface area contributed by atoms with Crippen LogP contribution in [0.25, 0.3) is 0 Å². The third-order valence-corrected chi connectivity index (χ3v) is 5.71. The number of benzene rings is 1. The predicted octanol–water partition coefficient (Wildman–Crippen LogP) is 4.37. The van der Waals surface area contributed by atoms with Gasteiger partial charge in [-0.15, -0.1) is 11.8 Å². The monoisotopic (exact) mass is 329 g/mol. The van der Waals surface area contributed by atoms with Crippen molar-refractivity contribution in [2.45, 2.75) is 29.9 Å². The molecule has 2 aromatic rings. The molecule has 2 nitrogen and oxygen atoms in total. The number of thioether (sulfide) groups is 1. The fourth-order valence-corrected chi connectivity index (χ4v) is 4.61. The summed E-state index contributed by atoms with van der Waals surface area (Å²) < 4.78 is 2.52. The molecule has 1 aromatic carbocycles. The zero-order chi connectivity index (χ0) is 14.9. The SMILES string of the molecule is Clc1ccc2c(c1)SCc1cccnc1C2=[N+]1CCCCC1. The van der Waals surface area contributed by atoms with Crippen LogP contribution >= 0.6 is 23.4 Å². The van der Waals surface area contributed by atoms with Crippen molar-refractivity contribution in [3.8, 4) is 0 Å². The van der Waals surface area contributed by atoms with E-state index < -0.39 is 0 Å². The van der Waals surface area contributed by atoms with Crippen LogP contribution in [0.1, 0.15) is 36.1 Å². The first-order valence-electron chi connectivity index (χ1n) is 7.82. The van der Waals surface area contributed by atoms with Crippen molar-refractivity contribution < 1.29 is 4.58 Å². The molecule has 0 amide bonds. The molecule has 1 fully saturated rings. The molecule has 22 heavy (non-hydrogen) atoms. The molecular weight excluding hydrogens is 312 g/mol. The Morgan fingerprint density at radius 3 is 2.82 bits per heavy atom. The Balaban J connectivity index is 1.98. The number of nitrogens with zero attached hydrogens (tertiary/aromatic N) is 2. The summed E-state index contributed by atoms with van der Waals surface area (Å²) in [4.78, 5) is 6.00. The largest absolute Gasteiger partial charge is 0.250 e. The summed E-state index contributed by atoms with van der Waals surface area (Å²) in [6.45, 7) is 2.25. The predicted molar refractivity (Wildman–Crippen MR) is 92.3 cm³/mol. The molecular formula is C18H18ClN2S+. The van der Waals surface area contributed by atoms with Crippen LogP contribution in [0.4, 0.5) is 0 Å². The molecule has 1 saturated heterocycles. The number of piperidine rings is 1. The van der Waals surface area contributed by atoms with Gasteiger partial charge in [-0.1, -0.05) is 17.7 Å². The van der Waals surface area contributed by atoms with E-state index in [4.69, 9.17) is 16.6 Å². The average molecular weight is 330 g/mol. The molecule has 0 aliphatic carbocycles. The summed E-state index contributed by atoms with van der Waals surface area (Å²) >= 11 is 8.09. The molecule has 0 spiro atoms. The summed E-state index contributed by atoms with van der Waals surface area (Å²) in [5.41, 5.74) is 5.05. The minimum absolute atomic E-state index is 0.808. The van der Waals surface area contributed by atoms with Gasteiger partial charge in [-0.05, 0) is 36.2 Å². The summed E-state index contributed by atoms with van der Waals surface area (Å²) in [6.07, 6.45) is 5.78. The number of pyridine rings is 1. The van der Waals surface area contributed by atoms with E-state index in [2.05, 4.69) is 22.8 Å². The third kappa shape index (κ3) is 2.57. The Morgan fingerprint density at radius 2 is 1.95 bits per heavy atom. The van der Waals surface area contributed by atoms with Crippen molar-refractivity contribution in [2.24, 2.45) is 0 Å². The maximum Gasteiger partial charge on any atom is 0.234 e. The van der Waals surface area contributed by atoms with E-state index in [0.29, 0.717) is 0 Å². The Hall–Kier alpha value is -1.32. The van der Waals surface area contributed by atoms with Gasteiger partial charge >= 0.3 is 0 Å². The van der Waals surface area contributed by atoms with Gasteiger partial charge in [-0.2, -0.15) is 0 Å². The number of hydrogen-bond acceptors (Lipinski definition) is 2. The van der Waals surface area contributed by atoms with Crippen LogP contribution in [0, 0.1) is 0 Å². The summed E-state index contributed by atoms with van der Waals surface area (Å²) in [5, 5.41) is 0.808. The second-order valence-corrected chi connectivity index (χ2v) is 7.29. The van der Waals surface area contributed by atoms with Gasteiger partial charge in [-0.25, -0.2) is 9.56 Å². The van der Waals surface area contributed by atoms with Crippen LogP contribution in [-0.2, 0) is 5.75 Å². The van der Waals surface area contributed by atoms with Gasteiger partial charge in [0.25, 0.3) is 0 Å². The van der Waals surface area contributed by atoms with E-state index in [-0.39, 0.29) is 0 Å². The van der Waals surface area contributed by atoms with Crippen LogP contribution in [0.2, 0.25) is 5.02 Å². The van der Waals surface area contributed by atoms with Crippen LogP contribution in [-0.4, -0.2) is 28.4 Å². The molecule has 2 aliphatic heterocycles. The maximum atomic E-state index is 6.22. The number of fused-ring (bicyclic) bond motifs is 2. The van der Waals surface area contributed by atoms with Crippen LogP contribution in [0.5, 0.6) is 0 Å². The standard InChI is InChI=1S/C18H18ClN2S/c19-14-6-7-15-16(11-14)22-12-13-5-4-8-20-17(13)18(15)21-9-2-1-3-10-21/h4-8,11H,1-3,9-10,12H2/q+1. The Morgan fingerprint density at radius 1 is 1.09 bits per heavy atom. The van der Waals surface area contributed by atoms with Gasteiger partial charge in [0.2, 0.25) is 5.71 Å². The summed E-state index contributed by atoms with van der Waals surface area (Å²) in [7, 11) is 0. The first-order chi connectivity index (χ1) is 10.8. The second-order valence-electron chi connectivity index (χ2n) is 5.84. The summed E-state index contributed by atoms with van der Waals surface area (Å²) in [5.74, 6) is 0.952. The van der Waals surface area contributed by atoms with Crippen molar-refractivity contribution >= 4 is 29.1 Å². The van der Waals surface area contributed by atoms with Gasteiger partial charge in [0.05, 0.1) is 5.56 Å². The second kappa shape index (κ2) is 6.05. The minimum atomic E-state index is 0.808. The van der Waals surface area contributed by atoms with E-state index in [1.165, 1.54) is 41.0 Å². The highest BCUT2D eigenvalue weighted by Crippen LogP contribution is 2.35. The molecule has 2 aliphatic rings. The lowest BCUT2D eigenvalue weighted by atomic mass is 10.0. The van der Waals surface area contributed by atoms with Crippen LogP contribution in [0.3, 0.4) is 0 Å². The molecule has 0 radical (unpaired) electrons. The van der Waals surface area contributed by atoms with Gasteiger partial charge in [0.1, 0.15) is 18.8 Å². The van der Waals surface area contributed by atoms with Gasteiger partial charge in [0, 0.05) is 34.7 Å². The highest BCUT2D eigenvalue weighted by molar-refractivity contribution is 7.98. The first-order valence-corrected chi connectivity index (χ1v) is 9.18. The third-order valence-electron chi connectivity index (χ3n) is 4.37. The molecule has 0 bridgehead atoms. The highest BCUT2D eigenvalue weighted by Gasteiger charge is 2.29. The number of halogens is 1. The molecule has 0 saturated carbocycles. The topological polar surface area (TPSA) is 15.9 Å². The molecule has 0 unspecified atom stereocenters. The number of aromatic nitrogens is 1. The lowest BCUT2D eigenvalue weighted by molar-refractivity contribution is -0.536.